The molecule has 2 atom stereocenters. The monoisotopic (exact) mass is 989 g/mol. The zero-order valence-corrected chi connectivity index (χ0v) is 48.2. The molecule has 6 heteroatoms. The molecule has 0 aromatic carbocycles. The van der Waals surface area contributed by atoms with Crippen LogP contribution < -0.4 is 0 Å². The van der Waals surface area contributed by atoms with Crippen molar-refractivity contribution < 1.29 is 28.6 Å². The molecule has 0 amide bonds. The quantitative estimate of drug-likeness (QED) is 0.0343. The summed E-state index contributed by atoms with van der Waals surface area (Å²) in [6.45, 7) is 11.5. The Kier molecular flexibility index (Phi) is 55.4. The van der Waals surface area contributed by atoms with Gasteiger partial charge in [0.2, 0.25) is 0 Å². The molecule has 0 rings (SSSR count). The Balaban J connectivity index is 4.21. The maximum absolute atomic E-state index is 12.9. The van der Waals surface area contributed by atoms with Crippen molar-refractivity contribution in [1.29, 1.82) is 0 Å². The Morgan fingerprint density at radius 1 is 0.300 bits per heavy atom. The maximum Gasteiger partial charge on any atom is 0.306 e. The number of hydrogen-bond acceptors (Lipinski definition) is 6. The first-order valence-corrected chi connectivity index (χ1v) is 31.8. The van der Waals surface area contributed by atoms with Gasteiger partial charge in [0.15, 0.2) is 6.10 Å². The van der Waals surface area contributed by atoms with E-state index in [0.29, 0.717) is 19.3 Å². The van der Waals surface area contributed by atoms with Crippen molar-refractivity contribution in [2.24, 2.45) is 11.8 Å². The second-order valence-corrected chi connectivity index (χ2v) is 22.8. The summed E-state index contributed by atoms with van der Waals surface area (Å²) in [5.41, 5.74) is 0. The van der Waals surface area contributed by atoms with Crippen molar-refractivity contribution >= 4 is 17.9 Å². The molecule has 1 unspecified atom stereocenters. The van der Waals surface area contributed by atoms with Crippen molar-refractivity contribution in [3.8, 4) is 0 Å². The summed E-state index contributed by atoms with van der Waals surface area (Å²) in [5.74, 6) is 0.929. The first kappa shape index (κ1) is 68.4. The van der Waals surface area contributed by atoms with E-state index < -0.39 is 6.10 Å². The van der Waals surface area contributed by atoms with Gasteiger partial charge in [-0.3, -0.25) is 14.4 Å². The summed E-state index contributed by atoms with van der Waals surface area (Å²) >= 11 is 0. The van der Waals surface area contributed by atoms with Crippen LogP contribution in [0.5, 0.6) is 0 Å². The van der Waals surface area contributed by atoms with E-state index in [0.717, 1.165) is 69.6 Å². The Bertz CT molecular complexity index is 1070. The molecule has 416 valence electrons. The lowest BCUT2D eigenvalue weighted by atomic mass is 9.99. The number of ether oxygens (including phenoxy) is 3. The zero-order chi connectivity index (χ0) is 51.1. The van der Waals surface area contributed by atoms with Crippen molar-refractivity contribution in [3.05, 3.63) is 0 Å². The lowest BCUT2D eigenvalue weighted by Crippen LogP contribution is -2.30. The third kappa shape index (κ3) is 55.7. The number of hydrogen-bond donors (Lipinski definition) is 0. The number of carbonyl (C=O) groups excluding carboxylic acids is 3. The molecule has 0 N–H and O–H groups in total. The highest BCUT2D eigenvalue weighted by Gasteiger charge is 2.19. The van der Waals surface area contributed by atoms with Gasteiger partial charge >= 0.3 is 17.9 Å². The van der Waals surface area contributed by atoms with E-state index in [1.807, 2.05) is 0 Å². The molecule has 0 aliphatic rings. The van der Waals surface area contributed by atoms with Gasteiger partial charge in [-0.25, -0.2) is 0 Å². The fourth-order valence-corrected chi connectivity index (χ4v) is 9.90. The Morgan fingerprint density at radius 2 is 0.543 bits per heavy atom. The van der Waals surface area contributed by atoms with E-state index in [1.54, 1.807) is 0 Å². The summed E-state index contributed by atoms with van der Waals surface area (Å²) in [7, 11) is 0. The normalized spacial score (nSPS) is 12.4. The van der Waals surface area contributed by atoms with E-state index in [2.05, 4.69) is 34.6 Å². The third-order valence-corrected chi connectivity index (χ3v) is 15.1. The first-order valence-electron chi connectivity index (χ1n) is 31.8. The number of esters is 3. The van der Waals surface area contributed by atoms with Crippen LogP contribution in [-0.2, 0) is 28.6 Å². The van der Waals surface area contributed by atoms with Crippen LogP contribution in [0.1, 0.15) is 362 Å². The topological polar surface area (TPSA) is 78.9 Å². The lowest BCUT2D eigenvalue weighted by molar-refractivity contribution is -0.167. The predicted molar refractivity (Wildman–Crippen MR) is 303 cm³/mol. The largest absolute Gasteiger partial charge is 0.462 e. The number of unbranched alkanes of at least 4 members (excludes halogenated alkanes) is 42. The highest BCUT2D eigenvalue weighted by molar-refractivity contribution is 5.71. The second-order valence-electron chi connectivity index (χ2n) is 22.8. The summed E-state index contributed by atoms with van der Waals surface area (Å²) in [6, 6.07) is 0. The molecule has 0 heterocycles. The molecule has 0 fully saturated rings. The van der Waals surface area contributed by atoms with E-state index in [4.69, 9.17) is 14.2 Å². The first-order chi connectivity index (χ1) is 34.3. The van der Waals surface area contributed by atoms with Crippen LogP contribution in [-0.4, -0.2) is 37.2 Å². The summed E-state index contributed by atoms with van der Waals surface area (Å²) in [5, 5.41) is 0. The van der Waals surface area contributed by atoms with Gasteiger partial charge < -0.3 is 14.2 Å². The Labute approximate surface area is 438 Å². The van der Waals surface area contributed by atoms with Crippen molar-refractivity contribution in [2.45, 2.75) is 368 Å². The average Bonchev–Trinajstić information content (AvgIpc) is 3.35. The summed E-state index contributed by atoms with van der Waals surface area (Å²) in [6.07, 6.45) is 62.4. The van der Waals surface area contributed by atoms with E-state index >= 15 is 0 Å². The van der Waals surface area contributed by atoms with Crippen LogP contribution in [0.25, 0.3) is 0 Å². The van der Waals surface area contributed by atoms with Crippen LogP contribution in [0.3, 0.4) is 0 Å². The van der Waals surface area contributed by atoms with Crippen molar-refractivity contribution in [1.82, 2.24) is 0 Å². The summed E-state index contributed by atoms with van der Waals surface area (Å²) < 4.78 is 16.9. The van der Waals surface area contributed by atoms with Gasteiger partial charge in [0, 0.05) is 19.3 Å². The minimum Gasteiger partial charge on any atom is -0.462 e. The number of rotatable bonds is 58. The molecule has 0 aromatic rings. The third-order valence-electron chi connectivity index (χ3n) is 15.1. The molecule has 0 radical (unpaired) electrons. The van der Waals surface area contributed by atoms with Crippen molar-refractivity contribution in [2.75, 3.05) is 13.2 Å². The molecule has 0 saturated carbocycles. The van der Waals surface area contributed by atoms with Crippen LogP contribution in [0.4, 0.5) is 0 Å². The van der Waals surface area contributed by atoms with Crippen LogP contribution >= 0.6 is 0 Å². The van der Waals surface area contributed by atoms with Gasteiger partial charge in [0.25, 0.3) is 0 Å². The molecular weight excluding hydrogens is 865 g/mol. The second kappa shape index (κ2) is 56.7. The molecule has 0 aliphatic heterocycles. The highest BCUT2D eigenvalue weighted by Crippen LogP contribution is 2.19. The standard InChI is InChI=1S/C64H124O6/c1-6-8-9-10-11-12-27-34-39-44-49-54-62(65)68-57-61(70-64(67)56-51-46-41-36-31-26-22-18-17-19-23-28-32-37-42-47-52-59(3)4)58-69-63(66)55-50-45-40-35-30-25-21-16-14-13-15-20-24-29-33-38-43-48-53-60(5)7-2/h59-61H,6-58H2,1-5H3/t60?,61-/m1/s1. The fraction of sp³-hybridized carbons (Fsp3) is 0.953. The zero-order valence-electron chi connectivity index (χ0n) is 48.2. The minimum atomic E-state index is -0.763. The van der Waals surface area contributed by atoms with Gasteiger partial charge in [0.1, 0.15) is 13.2 Å². The molecule has 0 bridgehead atoms. The Hall–Kier alpha value is -1.59. The van der Waals surface area contributed by atoms with E-state index in [-0.39, 0.29) is 31.1 Å². The van der Waals surface area contributed by atoms with Crippen LogP contribution in [0.2, 0.25) is 0 Å². The molecule has 0 aromatic heterocycles. The SMILES string of the molecule is CCCCCCCCCCCCCC(=O)OC[C@H](COC(=O)CCCCCCCCCCCCCCCCCCCCC(C)CC)OC(=O)CCCCCCCCCCCCCCCCCCC(C)C. The van der Waals surface area contributed by atoms with Gasteiger partial charge in [-0.15, -0.1) is 0 Å². The van der Waals surface area contributed by atoms with Gasteiger partial charge in [0.05, 0.1) is 0 Å². The lowest BCUT2D eigenvalue weighted by Gasteiger charge is -2.18. The molecule has 0 saturated heterocycles. The molecular formula is C64H124O6. The summed E-state index contributed by atoms with van der Waals surface area (Å²) in [4.78, 5) is 38.2. The Morgan fingerprint density at radius 3 is 0.814 bits per heavy atom. The highest BCUT2D eigenvalue weighted by atomic mass is 16.6. The number of carbonyl (C=O) groups is 3. The minimum absolute atomic E-state index is 0.0619. The predicted octanol–water partition coefficient (Wildman–Crippen LogP) is 21.2. The smallest absolute Gasteiger partial charge is 0.306 e. The molecule has 6 nitrogen and oxygen atoms in total. The van der Waals surface area contributed by atoms with Crippen LogP contribution in [0.15, 0.2) is 0 Å². The van der Waals surface area contributed by atoms with E-state index in [9.17, 15) is 14.4 Å². The van der Waals surface area contributed by atoms with Gasteiger partial charge in [-0.1, -0.05) is 324 Å². The molecule has 0 aliphatic carbocycles. The van der Waals surface area contributed by atoms with E-state index in [1.165, 1.54) is 250 Å². The maximum atomic E-state index is 12.9. The average molecular weight is 990 g/mol. The van der Waals surface area contributed by atoms with Gasteiger partial charge in [-0.05, 0) is 31.1 Å². The fourth-order valence-electron chi connectivity index (χ4n) is 9.90. The molecule has 0 spiro atoms. The van der Waals surface area contributed by atoms with Gasteiger partial charge in [-0.2, -0.15) is 0 Å². The van der Waals surface area contributed by atoms with Crippen molar-refractivity contribution in [3.63, 3.8) is 0 Å². The molecule has 70 heavy (non-hydrogen) atoms. The van der Waals surface area contributed by atoms with Crippen LogP contribution in [0, 0.1) is 11.8 Å².